The Morgan fingerprint density at radius 1 is 1.00 bits per heavy atom. The van der Waals surface area contributed by atoms with Gasteiger partial charge in [0.1, 0.15) is 12.2 Å². The van der Waals surface area contributed by atoms with Gasteiger partial charge in [-0.1, -0.05) is 13.0 Å². The molecule has 1 aliphatic heterocycles. The predicted octanol–water partition coefficient (Wildman–Crippen LogP) is 4.16. The van der Waals surface area contributed by atoms with Crippen LogP contribution in [-0.2, 0) is 28.5 Å². The second-order valence-electron chi connectivity index (χ2n) is 13.4. The molecule has 0 bridgehead atoms. The van der Waals surface area contributed by atoms with Crippen LogP contribution in [0.3, 0.4) is 0 Å². The highest BCUT2D eigenvalue weighted by atomic mass is 16.7. The first kappa shape index (κ1) is 29.0. The van der Waals surface area contributed by atoms with Crippen molar-refractivity contribution in [2.75, 3.05) is 6.61 Å². The third-order valence-corrected chi connectivity index (χ3v) is 11.6. The first-order chi connectivity index (χ1) is 18.5. The van der Waals surface area contributed by atoms with Crippen molar-refractivity contribution in [2.45, 2.75) is 122 Å². The highest BCUT2D eigenvalue weighted by Crippen LogP contribution is 2.67. The Morgan fingerprint density at radius 3 is 2.46 bits per heavy atom. The summed E-state index contributed by atoms with van der Waals surface area (Å²) in [7, 11) is 0. The van der Waals surface area contributed by atoms with Crippen LogP contribution >= 0.6 is 0 Å². The quantitative estimate of drug-likeness (QED) is 0.289. The maximum Gasteiger partial charge on any atom is 0.303 e. The van der Waals surface area contributed by atoms with Crippen molar-refractivity contribution in [1.29, 1.82) is 0 Å². The van der Waals surface area contributed by atoms with E-state index in [-0.39, 0.29) is 17.5 Å². The van der Waals surface area contributed by atoms with Gasteiger partial charge in [-0.15, -0.1) is 6.58 Å². The Hall–Kier alpha value is -1.48. The van der Waals surface area contributed by atoms with E-state index in [9.17, 15) is 19.8 Å². The highest BCUT2D eigenvalue weighted by Gasteiger charge is 2.62. The lowest BCUT2D eigenvalue weighted by Gasteiger charge is -2.61. The molecular weight excluding hydrogens is 500 g/mol. The number of fused-ring (bicyclic) bond motifs is 5. The maximum absolute atomic E-state index is 12.0. The molecule has 8 heteroatoms. The summed E-state index contributed by atoms with van der Waals surface area (Å²) in [6.07, 6.45) is 6.50. The second-order valence-corrected chi connectivity index (χ2v) is 13.4. The average Bonchev–Trinajstić information content (AvgIpc) is 3.24. The van der Waals surface area contributed by atoms with Crippen molar-refractivity contribution in [1.82, 2.24) is 0 Å². The fourth-order valence-corrected chi connectivity index (χ4v) is 9.70. The standard InChI is InChI=1S/C31H48O8/c1-6-20-8-10-24-23-9-7-21-15-22(39-29-28(38-19(4)33)27(35)26(34)17(2)37-29)11-14-31(21,16-36-18(3)32)25(23)12-13-30(20,24)5/h6,17,20-29,34-35H,1,7-16H2,2-5H3. The van der Waals surface area contributed by atoms with Crippen LogP contribution in [0, 0.1) is 40.4 Å². The van der Waals surface area contributed by atoms with Crippen LogP contribution in [0.5, 0.6) is 0 Å². The zero-order valence-corrected chi connectivity index (χ0v) is 24.1. The van der Waals surface area contributed by atoms with Gasteiger partial charge in [-0.25, -0.2) is 0 Å². The molecule has 13 atom stereocenters. The van der Waals surface area contributed by atoms with Gasteiger partial charge in [-0.3, -0.25) is 9.59 Å². The first-order valence-electron chi connectivity index (χ1n) is 15.1. The van der Waals surface area contributed by atoms with Crippen molar-refractivity contribution < 1.29 is 38.7 Å². The molecule has 220 valence electrons. The van der Waals surface area contributed by atoms with E-state index in [0.717, 1.165) is 32.1 Å². The van der Waals surface area contributed by atoms with Crippen LogP contribution in [0.4, 0.5) is 0 Å². The summed E-state index contributed by atoms with van der Waals surface area (Å²) in [4.78, 5) is 23.8. The number of esters is 2. The van der Waals surface area contributed by atoms with Gasteiger partial charge in [0.05, 0.1) is 18.8 Å². The zero-order valence-electron chi connectivity index (χ0n) is 24.1. The topological polar surface area (TPSA) is 112 Å². The Kier molecular flexibility index (Phi) is 8.24. The van der Waals surface area contributed by atoms with E-state index >= 15 is 0 Å². The maximum atomic E-state index is 12.0. The SMILES string of the molecule is C=CC1CCC2C3CCC4CC(OC5OC(C)C(O)C(O)C5OC(C)=O)CCC4(COC(C)=O)C3CCC12C. The summed E-state index contributed by atoms with van der Waals surface area (Å²) in [5.41, 5.74) is 0.262. The molecule has 0 aromatic rings. The van der Waals surface area contributed by atoms with E-state index in [1.807, 2.05) is 0 Å². The lowest BCUT2D eigenvalue weighted by atomic mass is 9.44. The summed E-state index contributed by atoms with van der Waals surface area (Å²) in [5.74, 6) is 2.01. The van der Waals surface area contributed by atoms with E-state index in [1.165, 1.54) is 39.5 Å². The third kappa shape index (κ3) is 5.08. The van der Waals surface area contributed by atoms with Gasteiger partial charge in [0.2, 0.25) is 0 Å². The van der Waals surface area contributed by atoms with Crippen molar-refractivity contribution in [3.8, 4) is 0 Å². The van der Waals surface area contributed by atoms with Gasteiger partial charge >= 0.3 is 11.9 Å². The van der Waals surface area contributed by atoms with Crippen LogP contribution < -0.4 is 0 Å². The number of hydrogen-bond acceptors (Lipinski definition) is 8. The average molecular weight is 549 g/mol. The fourth-order valence-electron chi connectivity index (χ4n) is 9.70. The van der Waals surface area contributed by atoms with Crippen LogP contribution in [0.2, 0.25) is 0 Å². The largest absolute Gasteiger partial charge is 0.465 e. The summed E-state index contributed by atoms with van der Waals surface area (Å²) < 4.78 is 23.5. The number of aliphatic hydroxyl groups excluding tert-OH is 2. The molecule has 0 aromatic heterocycles. The molecule has 5 rings (SSSR count). The molecule has 0 aromatic carbocycles. The molecule has 2 N–H and O–H groups in total. The van der Waals surface area contributed by atoms with Crippen LogP contribution in [0.15, 0.2) is 12.7 Å². The molecule has 5 aliphatic rings. The Labute approximate surface area is 232 Å². The van der Waals surface area contributed by atoms with E-state index in [4.69, 9.17) is 18.9 Å². The fraction of sp³-hybridized carbons (Fsp3) is 0.871. The van der Waals surface area contributed by atoms with Gasteiger partial charge < -0.3 is 29.2 Å². The zero-order chi connectivity index (χ0) is 28.1. The van der Waals surface area contributed by atoms with Crippen molar-refractivity contribution in [2.24, 2.45) is 40.4 Å². The van der Waals surface area contributed by atoms with Gasteiger partial charge in [-0.2, -0.15) is 0 Å². The number of allylic oxidation sites excluding steroid dienone is 1. The number of rotatable bonds is 6. The number of ether oxygens (including phenoxy) is 4. The van der Waals surface area contributed by atoms with E-state index in [1.54, 1.807) is 6.92 Å². The molecule has 0 spiro atoms. The van der Waals surface area contributed by atoms with E-state index < -0.39 is 36.7 Å². The molecular formula is C31H48O8. The Bertz CT molecular complexity index is 938. The summed E-state index contributed by atoms with van der Waals surface area (Å²) in [6.45, 7) is 11.6. The van der Waals surface area contributed by atoms with Crippen LogP contribution in [0.25, 0.3) is 0 Å². The van der Waals surface area contributed by atoms with Crippen LogP contribution in [0.1, 0.15) is 85.5 Å². The summed E-state index contributed by atoms with van der Waals surface area (Å²) in [5, 5.41) is 20.9. The van der Waals surface area contributed by atoms with Gasteiger partial charge in [-0.05, 0) is 99.7 Å². The third-order valence-electron chi connectivity index (χ3n) is 11.6. The Balaban J connectivity index is 1.34. The molecule has 4 aliphatic carbocycles. The molecule has 13 unspecified atom stereocenters. The molecule has 4 saturated carbocycles. The van der Waals surface area contributed by atoms with Crippen molar-refractivity contribution in [3.63, 3.8) is 0 Å². The Morgan fingerprint density at radius 2 is 1.77 bits per heavy atom. The minimum atomic E-state index is -1.29. The molecule has 39 heavy (non-hydrogen) atoms. The number of hydrogen-bond donors (Lipinski definition) is 2. The van der Waals surface area contributed by atoms with Gasteiger partial charge in [0.25, 0.3) is 0 Å². The molecule has 1 heterocycles. The van der Waals surface area contributed by atoms with E-state index in [0.29, 0.717) is 41.6 Å². The minimum Gasteiger partial charge on any atom is -0.465 e. The second kappa shape index (κ2) is 11.1. The number of carbonyl (C=O) groups excluding carboxylic acids is 2. The molecule has 0 radical (unpaired) electrons. The molecule has 1 saturated heterocycles. The summed E-state index contributed by atoms with van der Waals surface area (Å²) in [6, 6.07) is 0. The lowest BCUT2D eigenvalue weighted by molar-refractivity contribution is -0.312. The molecule has 8 nitrogen and oxygen atoms in total. The molecule has 5 fully saturated rings. The highest BCUT2D eigenvalue weighted by molar-refractivity contribution is 5.66. The minimum absolute atomic E-state index is 0.0618. The van der Waals surface area contributed by atoms with Crippen LogP contribution in [-0.4, -0.2) is 65.6 Å². The molecule has 0 amide bonds. The smallest absolute Gasteiger partial charge is 0.303 e. The number of aliphatic hydroxyl groups is 2. The number of carbonyl (C=O) groups is 2. The summed E-state index contributed by atoms with van der Waals surface area (Å²) >= 11 is 0. The predicted molar refractivity (Wildman–Crippen MR) is 143 cm³/mol. The monoisotopic (exact) mass is 548 g/mol. The van der Waals surface area contributed by atoms with Crippen molar-refractivity contribution in [3.05, 3.63) is 12.7 Å². The van der Waals surface area contributed by atoms with E-state index in [2.05, 4.69) is 19.6 Å². The van der Waals surface area contributed by atoms with Gasteiger partial charge in [0, 0.05) is 19.3 Å². The van der Waals surface area contributed by atoms with Gasteiger partial charge in [0.15, 0.2) is 12.4 Å². The van der Waals surface area contributed by atoms with Crippen molar-refractivity contribution >= 4 is 11.9 Å². The first-order valence-corrected chi connectivity index (χ1v) is 15.1. The lowest BCUT2D eigenvalue weighted by Crippen LogP contribution is -2.60. The normalized spacial score (nSPS) is 49.2.